The molecule has 0 aromatic heterocycles. The first-order chi connectivity index (χ1) is 13.8. The third-order valence-electron chi connectivity index (χ3n) is 4.72. The summed E-state index contributed by atoms with van der Waals surface area (Å²) in [6.45, 7) is 3.58. The van der Waals surface area contributed by atoms with Crippen LogP contribution in [0.1, 0.15) is 12.0 Å². The number of hydrogen-bond donors (Lipinski definition) is 0. The first kappa shape index (κ1) is 21.1. The van der Waals surface area contributed by atoms with Gasteiger partial charge in [0.05, 0.1) is 6.26 Å². The lowest BCUT2D eigenvalue weighted by Gasteiger charge is -2.21. The van der Waals surface area contributed by atoms with E-state index in [1.54, 1.807) is 29.2 Å². The lowest BCUT2D eigenvalue weighted by Crippen LogP contribution is -2.39. The van der Waals surface area contributed by atoms with Gasteiger partial charge in [0.2, 0.25) is 10.0 Å². The zero-order valence-electron chi connectivity index (χ0n) is 16.7. The minimum atomic E-state index is -3.23. The second kappa shape index (κ2) is 9.28. The molecule has 0 radical (unpaired) electrons. The molecule has 1 amide bonds. The van der Waals surface area contributed by atoms with Crippen molar-refractivity contribution in [2.75, 3.05) is 39.0 Å². The molecule has 0 spiro atoms. The Morgan fingerprint density at radius 2 is 1.48 bits per heavy atom. The van der Waals surface area contributed by atoms with Crippen LogP contribution in [0.4, 0.5) is 0 Å². The number of amides is 1. The Balaban J connectivity index is 1.49. The fourth-order valence-electron chi connectivity index (χ4n) is 3.06. The SMILES string of the molecule is Cc1ccc(Oc2ccc(OCC(=O)N3CCCN(S(C)(=O)=O)CC3)cc2)cc1. The van der Waals surface area contributed by atoms with Gasteiger partial charge < -0.3 is 14.4 Å². The molecule has 1 aliphatic heterocycles. The monoisotopic (exact) mass is 418 g/mol. The highest BCUT2D eigenvalue weighted by Gasteiger charge is 2.23. The molecule has 0 aliphatic carbocycles. The highest BCUT2D eigenvalue weighted by atomic mass is 32.2. The second-order valence-corrected chi connectivity index (χ2v) is 9.05. The normalized spacial score (nSPS) is 15.6. The fraction of sp³-hybridized carbons (Fsp3) is 0.381. The number of benzene rings is 2. The van der Waals surface area contributed by atoms with Crippen LogP contribution >= 0.6 is 0 Å². The highest BCUT2D eigenvalue weighted by molar-refractivity contribution is 7.88. The van der Waals surface area contributed by atoms with Crippen molar-refractivity contribution in [1.29, 1.82) is 0 Å². The van der Waals surface area contributed by atoms with E-state index in [-0.39, 0.29) is 12.5 Å². The van der Waals surface area contributed by atoms with Crippen molar-refractivity contribution in [3.8, 4) is 17.2 Å². The van der Waals surface area contributed by atoms with Crippen LogP contribution < -0.4 is 9.47 Å². The van der Waals surface area contributed by atoms with Gasteiger partial charge in [0.25, 0.3) is 5.91 Å². The van der Waals surface area contributed by atoms with Crippen LogP contribution in [0.25, 0.3) is 0 Å². The van der Waals surface area contributed by atoms with Crippen molar-refractivity contribution in [2.24, 2.45) is 0 Å². The summed E-state index contributed by atoms with van der Waals surface area (Å²) in [4.78, 5) is 14.1. The molecule has 2 aromatic rings. The quantitative estimate of drug-likeness (QED) is 0.721. The van der Waals surface area contributed by atoms with Crippen molar-refractivity contribution in [3.63, 3.8) is 0 Å². The molecule has 0 unspecified atom stereocenters. The average molecular weight is 419 g/mol. The van der Waals surface area contributed by atoms with E-state index in [0.717, 1.165) is 5.75 Å². The van der Waals surface area contributed by atoms with E-state index >= 15 is 0 Å². The number of rotatable bonds is 6. The van der Waals surface area contributed by atoms with Crippen molar-refractivity contribution in [1.82, 2.24) is 9.21 Å². The molecule has 29 heavy (non-hydrogen) atoms. The van der Waals surface area contributed by atoms with Crippen LogP contribution in [-0.4, -0.2) is 62.6 Å². The van der Waals surface area contributed by atoms with Crippen molar-refractivity contribution in [2.45, 2.75) is 13.3 Å². The minimum absolute atomic E-state index is 0.0863. The number of carbonyl (C=O) groups excluding carboxylic acids is 1. The summed E-state index contributed by atoms with van der Waals surface area (Å²) in [5.74, 6) is 1.85. The molecule has 2 aromatic carbocycles. The molecule has 7 nitrogen and oxygen atoms in total. The van der Waals surface area contributed by atoms with Crippen LogP contribution in [0.5, 0.6) is 17.2 Å². The lowest BCUT2D eigenvalue weighted by atomic mass is 10.2. The molecular weight excluding hydrogens is 392 g/mol. The van der Waals surface area contributed by atoms with Gasteiger partial charge in [-0.25, -0.2) is 12.7 Å². The number of sulfonamides is 1. The minimum Gasteiger partial charge on any atom is -0.484 e. The summed E-state index contributed by atoms with van der Waals surface area (Å²) in [5.41, 5.74) is 1.17. The van der Waals surface area contributed by atoms with Crippen LogP contribution in [0.15, 0.2) is 48.5 Å². The molecule has 0 N–H and O–H groups in total. The zero-order chi connectivity index (χ0) is 20.9. The van der Waals surface area contributed by atoms with Gasteiger partial charge in [-0.15, -0.1) is 0 Å². The van der Waals surface area contributed by atoms with E-state index in [0.29, 0.717) is 44.1 Å². The predicted molar refractivity (Wildman–Crippen MR) is 111 cm³/mol. The maximum absolute atomic E-state index is 12.4. The molecule has 1 heterocycles. The van der Waals surface area contributed by atoms with Crippen molar-refractivity contribution in [3.05, 3.63) is 54.1 Å². The summed E-state index contributed by atoms with van der Waals surface area (Å²) in [6, 6.07) is 14.9. The number of hydrogen-bond acceptors (Lipinski definition) is 5. The summed E-state index contributed by atoms with van der Waals surface area (Å²) in [6.07, 6.45) is 1.81. The number of nitrogens with zero attached hydrogens (tertiary/aromatic N) is 2. The van der Waals surface area contributed by atoms with Gasteiger partial charge in [-0.3, -0.25) is 4.79 Å². The molecule has 8 heteroatoms. The van der Waals surface area contributed by atoms with Crippen LogP contribution in [0.2, 0.25) is 0 Å². The summed E-state index contributed by atoms with van der Waals surface area (Å²) >= 11 is 0. The molecule has 1 aliphatic rings. The summed E-state index contributed by atoms with van der Waals surface area (Å²) < 4.78 is 36.1. The van der Waals surface area contributed by atoms with Gasteiger partial charge in [-0.05, 0) is 49.7 Å². The molecule has 156 valence electrons. The van der Waals surface area contributed by atoms with Crippen LogP contribution in [-0.2, 0) is 14.8 Å². The van der Waals surface area contributed by atoms with E-state index in [2.05, 4.69) is 0 Å². The molecule has 1 saturated heterocycles. The topological polar surface area (TPSA) is 76.2 Å². The van der Waals surface area contributed by atoms with Gasteiger partial charge >= 0.3 is 0 Å². The van der Waals surface area contributed by atoms with Gasteiger partial charge in [-0.1, -0.05) is 17.7 Å². The third kappa shape index (κ3) is 6.20. The smallest absolute Gasteiger partial charge is 0.260 e. The van der Waals surface area contributed by atoms with Crippen LogP contribution in [0, 0.1) is 6.92 Å². The van der Waals surface area contributed by atoms with E-state index in [4.69, 9.17) is 9.47 Å². The molecule has 0 atom stereocenters. The second-order valence-electron chi connectivity index (χ2n) is 7.07. The Morgan fingerprint density at radius 1 is 0.897 bits per heavy atom. The molecule has 0 bridgehead atoms. The van der Waals surface area contributed by atoms with E-state index < -0.39 is 10.0 Å². The van der Waals surface area contributed by atoms with Gasteiger partial charge in [0.15, 0.2) is 6.61 Å². The Hall–Kier alpha value is -2.58. The molecule has 0 saturated carbocycles. The maximum atomic E-state index is 12.4. The molecular formula is C21H26N2O5S. The zero-order valence-corrected chi connectivity index (χ0v) is 17.5. The van der Waals surface area contributed by atoms with Crippen molar-refractivity contribution < 1.29 is 22.7 Å². The Labute approximate surface area is 171 Å². The van der Waals surface area contributed by atoms with Gasteiger partial charge in [0, 0.05) is 26.2 Å². The van der Waals surface area contributed by atoms with Gasteiger partial charge in [-0.2, -0.15) is 0 Å². The molecule has 1 fully saturated rings. The summed E-state index contributed by atoms with van der Waals surface area (Å²) in [7, 11) is -3.23. The first-order valence-corrected chi connectivity index (χ1v) is 11.4. The van der Waals surface area contributed by atoms with Crippen molar-refractivity contribution >= 4 is 15.9 Å². The van der Waals surface area contributed by atoms with E-state index in [9.17, 15) is 13.2 Å². The number of aryl methyl sites for hydroxylation is 1. The lowest BCUT2D eigenvalue weighted by molar-refractivity contribution is -0.133. The number of ether oxygens (including phenoxy) is 2. The Morgan fingerprint density at radius 3 is 2.10 bits per heavy atom. The Bertz CT molecular complexity index is 927. The average Bonchev–Trinajstić information content (AvgIpc) is 2.95. The molecule has 3 rings (SSSR count). The van der Waals surface area contributed by atoms with Gasteiger partial charge in [0.1, 0.15) is 17.2 Å². The predicted octanol–water partition coefficient (Wildman–Crippen LogP) is 2.66. The largest absolute Gasteiger partial charge is 0.484 e. The summed E-state index contributed by atoms with van der Waals surface area (Å²) in [5, 5.41) is 0. The third-order valence-corrected chi connectivity index (χ3v) is 6.02. The van der Waals surface area contributed by atoms with E-state index in [1.807, 2.05) is 31.2 Å². The highest BCUT2D eigenvalue weighted by Crippen LogP contribution is 2.24. The van der Waals surface area contributed by atoms with E-state index in [1.165, 1.54) is 16.1 Å². The maximum Gasteiger partial charge on any atom is 0.260 e. The Kier molecular flexibility index (Phi) is 6.76. The standard InChI is InChI=1S/C21H26N2O5S/c1-17-4-6-19(7-5-17)28-20-10-8-18(9-11-20)27-16-21(24)22-12-3-13-23(15-14-22)29(2,25)26/h4-11H,3,12-16H2,1-2H3. The van der Waals surface area contributed by atoms with Crippen LogP contribution in [0.3, 0.4) is 0 Å². The fourth-order valence-corrected chi connectivity index (χ4v) is 3.93. The number of carbonyl (C=O) groups is 1. The first-order valence-electron chi connectivity index (χ1n) is 9.51.